The van der Waals surface area contributed by atoms with E-state index >= 15 is 0 Å². The first-order valence-corrected chi connectivity index (χ1v) is 4.71. The maximum atomic E-state index is 11.9. The van der Waals surface area contributed by atoms with Crippen molar-refractivity contribution in [3.63, 3.8) is 0 Å². The van der Waals surface area contributed by atoms with Gasteiger partial charge in [0.05, 0.1) is 10.6 Å². The third-order valence-corrected chi connectivity index (χ3v) is 2.28. The van der Waals surface area contributed by atoms with Crippen molar-refractivity contribution in [2.24, 2.45) is 0 Å². The largest absolute Gasteiger partial charge is 0.288 e. The van der Waals surface area contributed by atoms with E-state index in [4.69, 9.17) is 11.6 Å². The van der Waals surface area contributed by atoms with Crippen LogP contribution in [0.2, 0.25) is 5.02 Å². The lowest BCUT2D eigenvalue weighted by molar-refractivity contribution is 0.103. The molecule has 0 atom stereocenters. The van der Waals surface area contributed by atoms with E-state index in [-0.39, 0.29) is 5.78 Å². The van der Waals surface area contributed by atoms with Gasteiger partial charge in [-0.3, -0.25) is 14.8 Å². The van der Waals surface area contributed by atoms with Gasteiger partial charge in [0.15, 0.2) is 5.78 Å². The number of nitrogens with zero attached hydrogens (tertiary/aromatic N) is 2. The molecule has 2 heterocycles. The Morgan fingerprint density at radius 3 is 2.40 bits per heavy atom. The van der Waals surface area contributed by atoms with Crippen LogP contribution in [0, 0.1) is 0 Å². The molecule has 2 aromatic heterocycles. The molecule has 0 bridgehead atoms. The number of aromatic nitrogens is 2. The Bertz CT molecular complexity index is 485. The first-order valence-electron chi connectivity index (χ1n) is 4.33. The highest BCUT2D eigenvalue weighted by atomic mass is 35.5. The van der Waals surface area contributed by atoms with E-state index in [2.05, 4.69) is 9.97 Å². The molecule has 3 nitrogen and oxygen atoms in total. The van der Waals surface area contributed by atoms with Crippen LogP contribution in [0.4, 0.5) is 0 Å². The Morgan fingerprint density at radius 1 is 1.07 bits per heavy atom. The van der Waals surface area contributed by atoms with Crippen LogP contribution in [0.15, 0.2) is 43.0 Å². The second-order valence-electron chi connectivity index (χ2n) is 2.92. The molecule has 0 amide bonds. The summed E-state index contributed by atoms with van der Waals surface area (Å²) in [6.07, 6.45) is 6.14. The summed E-state index contributed by atoms with van der Waals surface area (Å²) in [6, 6.07) is 4.88. The molecule has 0 spiro atoms. The quantitative estimate of drug-likeness (QED) is 0.727. The van der Waals surface area contributed by atoms with Gasteiger partial charge in [-0.2, -0.15) is 0 Å². The summed E-state index contributed by atoms with van der Waals surface area (Å²) in [6.45, 7) is 0. The number of hydrogen-bond donors (Lipinski definition) is 0. The van der Waals surface area contributed by atoms with Crippen LogP contribution in [0.3, 0.4) is 0 Å². The van der Waals surface area contributed by atoms with Gasteiger partial charge in [0.2, 0.25) is 0 Å². The number of pyridine rings is 2. The van der Waals surface area contributed by atoms with E-state index in [1.807, 2.05) is 0 Å². The van der Waals surface area contributed by atoms with Crippen molar-refractivity contribution >= 4 is 17.4 Å². The predicted octanol–water partition coefficient (Wildman–Crippen LogP) is 2.36. The lowest BCUT2D eigenvalue weighted by atomic mass is 10.1. The molecule has 0 saturated carbocycles. The maximum Gasteiger partial charge on any atom is 0.196 e. The lowest BCUT2D eigenvalue weighted by Crippen LogP contribution is -2.02. The van der Waals surface area contributed by atoms with Gasteiger partial charge in [-0.15, -0.1) is 0 Å². The highest BCUT2D eigenvalue weighted by Crippen LogP contribution is 2.17. The molecule has 0 saturated heterocycles. The number of carbonyl (C=O) groups is 1. The Kier molecular flexibility index (Phi) is 2.74. The third kappa shape index (κ3) is 2.02. The van der Waals surface area contributed by atoms with Gasteiger partial charge in [-0.05, 0) is 18.2 Å². The molecule has 15 heavy (non-hydrogen) atoms. The van der Waals surface area contributed by atoms with E-state index < -0.39 is 0 Å². The average molecular weight is 219 g/mol. The van der Waals surface area contributed by atoms with Crippen LogP contribution in [0.25, 0.3) is 0 Å². The van der Waals surface area contributed by atoms with Crippen LogP contribution in [0.5, 0.6) is 0 Å². The minimum Gasteiger partial charge on any atom is -0.288 e. The number of carbonyl (C=O) groups excluding carboxylic acids is 1. The second-order valence-corrected chi connectivity index (χ2v) is 3.33. The van der Waals surface area contributed by atoms with E-state index in [1.54, 1.807) is 36.8 Å². The van der Waals surface area contributed by atoms with Crippen molar-refractivity contribution in [2.75, 3.05) is 0 Å². The zero-order valence-electron chi connectivity index (χ0n) is 7.72. The second kappa shape index (κ2) is 4.19. The van der Waals surface area contributed by atoms with E-state index in [0.717, 1.165) is 0 Å². The monoisotopic (exact) mass is 218 g/mol. The molecule has 0 unspecified atom stereocenters. The normalized spacial score (nSPS) is 9.93. The van der Waals surface area contributed by atoms with Gasteiger partial charge in [0.25, 0.3) is 0 Å². The summed E-state index contributed by atoms with van der Waals surface area (Å²) < 4.78 is 0. The standard InChI is InChI=1S/C11H7ClN2O/c12-10-3-6-14-7-9(10)11(15)8-1-4-13-5-2-8/h1-7H. The zero-order valence-corrected chi connectivity index (χ0v) is 8.48. The van der Waals surface area contributed by atoms with Crippen molar-refractivity contribution < 1.29 is 4.79 Å². The molecular weight excluding hydrogens is 212 g/mol. The Hall–Kier alpha value is -1.74. The molecule has 2 aromatic rings. The first kappa shape index (κ1) is 9.80. The summed E-state index contributed by atoms with van der Waals surface area (Å²) in [5.74, 6) is -0.143. The number of ketones is 1. The molecule has 0 fully saturated rings. The summed E-state index contributed by atoms with van der Waals surface area (Å²) in [5, 5.41) is 0.409. The SMILES string of the molecule is O=C(c1ccncc1)c1cnccc1Cl. The summed E-state index contributed by atoms with van der Waals surface area (Å²) in [5.41, 5.74) is 0.963. The van der Waals surface area contributed by atoms with Gasteiger partial charge < -0.3 is 0 Å². The highest BCUT2D eigenvalue weighted by molar-refractivity contribution is 6.34. The Labute approximate surface area is 91.8 Å². The Morgan fingerprint density at radius 2 is 1.73 bits per heavy atom. The van der Waals surface area contributed by atoms with Crippen molar-refractivity contribution in [3.05, 3.63) is 59.1 Å². The van der Waals surface area contributed by atoms with E-state index in [0.29, 0.717) is 16.1 Å². The van der Waals surface area contributed by atoms with Crippen LogP contribution in [-0.4, -0.2) is 15.8 Å². The fourth-order valence-corrected chi connectivity index (χ4v) is 1.39. The number of halogens is 1. The summed E-state index contributed by atoms with van der Waals surface area (Å²) in [7, 11) is 0. The van der Waals surface area contributed by atoms with Gasteiger partial charge in [0.1, 0.15) is 0 Å². The summed E-state index contributed by atoms with van der Waals surface area (Å²) in [4.78, 5) is 19.6. The summed E-state index contributed by atoms with van der Waals surface area (Å²) >= 11 is 5.89. The first-order chi connectivity index (χ1) is 7.29. The number of hydrogen-bond acceptors (Lipinski definition) is 3. The molecule has 0 N–H and O–H groups in total. The minimum atomic E-state index is -0.143. The van der Waals surface area contributed by atoms with E-state index in [1.165, 1.54) is 6.20 Å². The zero-order chi connectivity index (χ0) is 10.7. The fraction of sp³-hybridized carbons (Fsp3) is 0. The molecule has 0 aliphatic heterocycles. The molecular formula is C11H7ClN2O. The maximum absolute atomic E-state index is 11.9. The van der Waals surface area contributed by atoms with E-state index in [9.17, 15) is 4.79 Å². The molecule has 2 rings (SSSR count). The molecule has 74 valence electrons. The minimum absolute atomic E-state index is 0.143. The molecule has 4 heteroatoms. The fourth-order valence-electron chi connectivity index (χ4n) is 1.20. The molecule has 0 aliphatic rings. The highest BCUT2D eigenvalue weighted by Gasteiger charge is 2.11. The van der Waals surface area contributed by atoms with Gasteiger partial charge in [-0.25, -0.2) is 0 Å². The molecule has 0 aliphatic carbocycles. The van der Waals surface area contributed by atoms with Gasteiger partial charge in [-0.1, -0.05) is 11.6 Å². The van der Waals surface area contributed by atoms with Gasteiger partial charge >= 0.3 is 0 Å². The smallest absolute Gasteiger partial charge is 0.196 e. The van der Waals surface area contributed by atoms with Crippen molar-refractivity contribution in [1.29, 1.82) is 0 Å². The van der Waals surface area contributed by atoms with Crippen molar-refractivity contribution in [2.45, 2.75) is 0 Å². The predicted molar refractivity (Wildman–Crippen MR) is 56.9 cm³/mol. The molecule has 0 aromatic carbocycles. The van der Waals surface area contributed by atoms with Crippen LogP contribution in [-0.2, 0) is 0 Å². The van der Waals surface area contributed by atoms with Gasteiger partial charge in [0, 0.05) is 30.4 Å². The van der Waals surface area contributed by atoms with Crippen LogP contribution >= 0.6 is 11.6 Å². The molecule has 0 radical (unpaired) electrons. The van der Waals surface area contributed by atoms with Crippen LogP contribution in [0.1, 0.15) is 15.9 Å². The lowest BCUT2D eigenvalue weighted by Gasteiger charge is -2.01. The topological polar surface area (TPSA) is 42.9 Å². The van der Waals surface area contributed by atoms with Crippen LogP contribution < -0.4 is 0 Å². The number of rotatable bonds is 2. The average Bonchev–Trinajstić information content (AvgIpc) is 2.30. The van der Waals surface area contributed by atoms with Crippen molar-refractivity contribution in [3.8, 4) is 0 Å². The Balaban J connectivity index is 2.42. The third-order valence-electron chi connectivity index (χ3n) is 1.96. The van der Waals surface area contributed by atoms with Crippen molar-refractivity contribution in [1.82, 2.24) is 9.97 Å².